The first-order valence-electron chi connectivity index (χ1n) is 5.85. The number of para-hydroxylation sites is 1. The van der Waals surface area contributed by atoms with Gasteiger partial charge >= 0.3 is 0 Å². The van der Waals surface area contributed by atoms with Crippen LogP contribution in [-0.4, -0.2) is 19.8 Å². The summed E-state index contributed by atoms with van der Waals surface area (Å²) in [5.41, 5.74) is 7.28. The molecule has 0 amide bonds. The molecule has 1 aliphatic rings. The zero-order valence-electron chi connectivity index (χ0n) is 9.74. The van der Waals surface area contributed by atoms with E-state index in [1.807, 2.05) is 25.1 Å². The van der Waals surface area contributed by atoms with Gasteiger partial charge in [-0.2, -0.15) is 0 Å². The Kier molecular flexibility index (Phi) is 3.46. The topological polar surface area (TPSA) is 44.5 Å². The molecule has 1 heterocycles. The molecule has 0 saturated carbocycles. The summed E-state index contributed by atoms with van der Waals surface area (Å²) in [7, 11) is 0. The Morgan fingerprint density at radius 2 is 2.00 bits per heavy atom. The van der Waals surface area contributed by atoms with Gasteiger partial charge in [0.15, 0.2) is 0 Å². The molecule has 1 aliphatic heterocycles. The van der Waals surface area contributed by atoms with Crippen LogP contribution in [0.25, 0.3) is 0 Å². The molecule has 2 rings (SSSR count). The van der Waals surface area contributed by atoms with Crippen LogP contribution in [0.1, 0.15) is 25.3 Å². The molecule has 1 aromatic carbocycles. The highest BCUT2D eigenvalue weighted by Gasteiger charge is 2.32. The molecular formula is C13H19NO2. The summed E-state index contributed by atoms with van der Waals surface area (Å²) in [6.45, 7) is 4.13. The largest absolute Gasteiger partial charge is 0.494 e. The maximum absolute atomic E-state index is 6.45. The molecule has 0 atom stereocenters. The van der Waals surface area contributed by atoms with Crippen LogP contribution in [0.4, 0.5) is 0 Å². The molecular weight excluding hydrogens is 202 g/mol. The molecule has 0 bridgehead atoms. The lowest BCUT2D eigenvalue weighted by atomic mass is 9.83. The van der Waals surface area contributed by atoms with E-state index in [4.69, 9.17) is 15.2 Å². The molecule has 1 saturated heterocycles. The summed E-state index contributed by atoms with van der Waals surface area (Å²) in [5.74, 6) is 0.911. The Morgan fingerprint density at radius 1 is 1.31 bits per heavy atom. The summed E-state index contributed by atoms with van der Waals surface area (Å²) < 4.78 is 11.0. The maximum atomic E-state index is 6.45. The van der Waals surface area contributed by atoms with Crippen LogP contribution >= 0.6 is 0 Å². The van der Waals surface area contributed by atoms with Gasteiger partial charge in [0.2, 0.25) is 0 Å². The van der Waals surface area contributed by atoms with Gasteiger partial charge in [0.25, 0.3) is 0 Å². The van der Waals surface area contributed by atoms with E-state index in [-0.39, 0.29) is 5.54 Å². The van der Waals surface area contributed by atoms with Crippen molar-refractivity contribution in [3.8, 4) is 5.75 Å². The standard InChI is InChI=1S/C13H19NO2/c1-2-16-12-6-4-3-5-11(12)13(14)7-9-15-10-8-13/h3-6H,2,7-10,14H2,1H3. The molecule has 3 heteroatoms. The normalized spacial score (nSPS) is 19.4. The summed E-state index contributed by atoms with van der Waals surface area (Å²) >= 11 is 0. The Labute approximate surface area is 96.5 Å². The van der Waals surface area contributed by atoms with Crippen LogP contribution in [0.2, 0.25) is 0 Å². The van der Waals surface area contributed by atoms with Gasteiger partial charge in [-0.25, -0.2) is 0 Å². The molecule has 0 unspecified atom stereocenters. The van der Waals surface area contributed by atoms with E-state index in [0.717, 1.165) is 37.4 Å². The third-order valence-corrected chi connectivity index (χ3v) is 3.11. The molecule has 0 spiro atoms. The van der Waals surface area contributed by atoms with E-state index in [9.17, 15) is 0 Å². The monoisotopic (exact) mass is 221 g/mol. The Balaban J connectivity index is 2.30. The molecule has 0 aromatic heterocycles. The van der Waals surface area contributed by atoms with Gasteiger partial charge in [-0.1, -0.05) is 18.2 Å². The minimum atomic E-state index is -0.288. The lowest BCUT2D eigenvalue weighted by Crippen LogP contribution is -2.42. The van der Waals surface area contributed by atoms with E-state index >= 15 is 0 Å². The smallest absolute Gasteiger partial charge is 0.124 e. The van der Waals surface area contributed by atoms with E-state index in [1.54, 1.807) is 0 Å². The molecule has 0 radical (unpaired) electrons. The number of rotatable bonds is 3. The molecule has 2 N–H and O–H groups in total. The Morgan fingerprint density at radius 3 is 2.69 bits per heavy atom. The fourth-order valence-electron chi connectivity index (χ4n) is 2.16. The highest BCUT2D eigenvalue weighted by molar-refractivity contribution is 5.39. The second-order valence-electron chi connectivity index (χ2n) is 4.20. The van der Waals surface area contributed by atoms with Gasteiger partial charge in [0.1, 0.15) is 5.75 Å². The van der Waals surface area contributed by atoms with E-state index < -0.39 is 0 Å². The van der Waals surface area contributed by atoms with Crippen molar-refractivity contribution < 1.29 is 9.47 Å². The first-order valence-corrected chi connectivity index (χ1v) is 5.85. The summed E-state index contributed by atoms with van der Waals surface area (Å²) in [6.07, 6.45) is 1.72. The Bertz CT molecular complexity index is 346. The second-order valence-corrected chi connectivity index (χ2v) is 4.20. The average molecular weight is 221 g/mol. The molecule has 3 nitrogen and oxygen atoms in total. The van der Waals surface area contributed by atoms with Gasteiger partial charge in [0.05, 0.1) is 6.61 Å². The number of benzene rings is 1. The van der Waals surface area contributed by atoms with Crippen molar-refractivity contribution >= 4 is 0 Å². The molecule has 1 aromatic rings. The van der Waals surface area contributed by atoms with Gasteiger partial charge in [-0.05, 0) is 25.8 Å². The van der Waals surface area contributed by atoms with Crippen LogP contribution in [0.3, 0.4) is 0 Å². The van der Waals surface area contributed by atoms with Crippen molar-refractivity contribution in [3.05, 3.63) is 29.8 Å². The van der Waals surface area contributed by atoms with Crippen LogP contribution in [-0.2, 0) is 10.3 Å². The number of hydrogen-bond acceptors (Lipinski definition) is 3. The zero-order chi connectivity index (χ0) is 11.4. The van der Waals surface area contributed by atoms with Crippen LogP contribution in [0, 0.1) is 0 Å². The minimum Gasteiger partial charge on any atom is -0.494 e. The summed E-state index contributed by atoms with van der Waals surface area (Å²) in [5, 5.41) is 0. The fraction of sp³-hybridized carbons (Fsp3) is 0.538. The highest BCUT2D eigenvalue weighted by atomic mass is 16.5. The lowest BCUT2D eigenvalue weighted by molar-refractivity contribution is 0.0512. The molecule has 0 aliphatic carbocycles. The molecule has 1 fully saturated rings. The van der Waals surface area contributed by atoms with Crippen molar-refractivity contribution in [1.29, 1.82) is 0 Å². The number of ether oxygens (including phenoxy) is 2. The highest BCUT2D eigenvalue weighted by Crippen LogP contribution is 2.35. The quantitative estimate of drug-likeness (QED) is 0.849. The lowest BCUT2D eigenvalue weighted by Gasteiger charge is -2.34. The Hall–Kier alpha value is -1.06. The van der Waals surface area contributed by atoms with Gasteiger partial charge in [-0.3, -0.25) is 0 Å². The predicted octanol–water partition coefficient (Wildman–Crippen LogP) is 2.05. The summed E-state index contributed by atoms with van der Waals surface area (Å²) in [4.78, 5) is 0. The van der Waals surface area contributed by atoms with Crippen molar-refractivity contribution in [1.82, 2.24) is 0 Å². The van der Waals surface area contributed by atoms with Crippen LogP contribution in [0.15, 0.2) is 24.3 Å². The number of hydrogen-bond donors (Lipinski definition) is 1. The van der Waals surface area contributed by atoms with E-state index in [2.05, 4.69) is 6.07 Å². The molecule has 16 heavy (non-hydrogen) atoms. The van der Waals surface area contributed by atoms with Crippen molar-refractivity contribution in [3.63, 3.8) is 0 Å². The first kappa shape index (κ1) is 11.4. The van der Waals surface area contributed by atoms with E-state index in [0.29, 0.717) is 6.61 Å². The summed E-state index contributed by atoms with van der Waals surface area (Å²) in [6, 6.07) is 8.05. The fourth-order valence-corrected chi connectivity index (χ4v) is 2.16. The van der Waals surface area contributed by atoms with Gasteiger partial charge in [-0.15, -0.1) is 0 Å². The van der Waals surface area contributed by atoms with Gasteiger partial charge in [0, 0.05) is 24.3 Å². The average Bonchev–Trinajstić information content (AvgIpc) is 2.31. The van der Waals surface area contributed by atoms with Crippen molar-refractivity contribution in [2.24, 2.45) is 5.73 Å². The second kappa shape index (κ2) is 4.85. The van der Waals surface area contributed by atoms with Crippen LogP contribution < -0.4 is 10.5 Å². The SMILES string of the molecule is CCOc1ccccc1C1(N)CCOCC1. The first-order chi connectivity index (χ1) is 7.76. The minimum absolute atomic E-state index is 0.288. The zero-order valence-corrected chi connectivity index (χ0v) is 9.74. The third-order valence-electron chi connectivity index (χ3n) is 3.11. The predicted molar refractivity (Wildman–Crippen MR) is 63.5 cm³/mol. The maximum Gasteiger partial charge on any atom is 0.124 e. The van der Waals surface area contributed by atoms with Crippen molar-refractivity contribution in [2.75, 3.05) is 19.8 Å². The van der Waals surface area contributed by atoms with Crippen molar-refractivity contribution in [2.45, 2.75) is 25.3 Å². The van der Waals surface area contributed by atoms with Gasteiger partial charge < -0.3 is 15.2 Å². The molecule has 88 valence electrons. The van der Waals surface area contributed by atoms with Crippen LogP contribution in [0.5, 0.6) is 5.75 Å². The van der Waals surface area contributed by atoms with E-state index in [1.165, 1.54) is 0 Å². The third kappa shape index (κ3) is 2.20. The number of nitrogens with two attached hydrogens (primary N) is 1.